The van der Waals surface area contributed by atoms with E-state index in [9.17, 15) is 4.79 Å². The topological polar surface area (TPSA) is 72.3 Å². The number of rotatable bonds is 7. The lowest BCUT2D eigenvalue weighted by Gasteiger charge is -2.31. The number of nitrogens with zero attached hydrogens (tertiary/aromatic N) is 1. The van der Waals surface area contributed by atoms with Crippen LogP contribution in [0.5, 0.6) is 0 Å². The maximum absolute atomic E-state index is 10.9. The molecule has 1 atom stereocenters. The van der Waals surface area contributed by atoms with Gasteiger partial charge in [0.25, 0.3) is 0 Å². The minimum atomic E-state index is -0.250. The number of hydrogen-bond donors (Lipinski definition) is 2. The van der Waals surface area contributed by atoms with Gasteiger partial charge in [-0.1, -0.05) is 13.8 Å². The molecule has 1 rings (SSSR count). The van der Waals surface area contributed by atoms with Crippen molar-refractivity contribution in [3.05, 3.63) is 0 Å². The second kappa shape index (κ2) is 5.47. The van der Waals surface area contributed by atoms with Crippen molar-refractivity contribution in [3.8, 4) is 0 Å². The van der Waals surface area contributed by atoms with E-state index in [2.05, 4.69) is 18.7 Å². The molecule has 1 fully saturated rings. The van der Waals surface area contributed by atoms with Crippen molar-refractivity contribution in [2.75, 3.05) is 13.1 Å². The molecule has 4 heteroatoms. The van der Waals surface area contributed by atoms with Gasteiger partial charge in [0.05, 0.1) is 0 Å². The van der Waals surface area contributed by atoms with Gasteiger partial charge in [-0.25, -0.2) is 0 Å². The lowest BCUT2D eigenvalue weighted by Crippen LogP contribution is -2.46. The molecule has 1 unspecified atom stereocenters. The SMILES string of the molecule is CC(C)CN(C1CC1)C(CN)CC(N)=O. The molecule has 4 nitrogen and oxygen atoms in total. The third kappa shape index (κ3) is 4.18. The standard InChI is InChI=1S/C11H23N3O/c1-8(2)7-14(9-3-4-9)10(6-12)5-11(13)15/h8-10H,3-7,12H2,1-2H3,(H2,13,15). The van der Waals surface area contributed by atoms with Crippen LogP contribution in [-0.4, -0.2) is 36.0 Å². The Kier molecular flexibility index (Phi) is 4.54. The van der Waals surface area contributed by atoms with Crippen LogP contribution < -0.4 is 11.5 Å². The van der Waals surface area contributed by atoms with Crippen LogP contribution in [0.15, 0.2) is 0 Å². The molecule has 0 saturated heterocycles. The van der Waals surface area contributed by atoms with E-state index in [-0.39, 0.29) is 11.9 Å². The molecule has 0 aromatic carbocycles. The fourth-order valence-corrected chi connectivity index (χ4v) is 1.99. The van der Waals surface area contributed by atoms with Crippen molar-refractivity contribution in [2.24, 2.45) is 17.4 Å². The molecule has 0 aliphatic heterocycles. The van der Waals surface area contributed by atoms with Crippen LogP contribution in [0.3, 0.4) is 0 Å². The molecule has 0 spiro atoms. The molecule has 0 aromatic heterocycles. The smallest absolute Gasteiger partial charge is 0.219 e. The Balaban J connectivity index is 2.54. The molecule has 15 heavy (non-hydrogen) atoms. The zero-order chi connectivity index (χ0) is 11.4. The highest BCUT2D eigenvalue weighted by Gasteiger charge is 2.34. The third-order valence-electron chi connectivity index (χ3n) is 2.77. The summed E-state index contributed by atoms with van der Waals surface area (Å²) in [6, 6.07) is 0.776. The molecule has 88 valence electrons. The Bertz CT molecular complexity index is 214. The summed E-state index contributed by atoms with van der Waals surface area (Å²) < 4.78 is 0. The van der Waals surface area contributed by atoms with Crippen LogP contribution in [0.25, 0.3) is 0 Å². The first-order valence-electron chi connectivity index (χ1n) is 5.78. The van der Waals surface area contributed by atoms with Gasteiger partial charge in [-0.2, -0.15) is 0 Å². The number of nitrogens with two attached hydrogens (primary N) is 2. The fraction of sp³-hybridized carbons (Fsp3) is 0.909. The van der Waals surface area contributed by atoms with Crippen molar-refractivity contribution < 1.29 is 4.79 Å². The molecule has 0 heterocycles. The zero-order valence-corrected chi connectivity index (χ0v) is 9.78. The lowest BCUT2D eigenvalue weighted by atomic mass is 10.1. The number of carbonyl (C=O) groups is 1. The molecule has 1 amide bonds. The van der Waals surface area contributed by atoms with Gasteiger partial charge >= 0.3 is 0 Å². The molecule has 0 radical (unpaired) electrons. The van der Waals surface area contributed by atoms with Gasteiger partial charge in [-0.05, 0) is 18.8 Å². The minimum absolute atomic E-state index is 0.136. The maximum atomic E-state index is 10.9. The summed E-state index contributed by atoms with van der Waals surface area (Å²) in [5.41, 5.74) is 11.0. The average molecular weight is 213 g/mol. The average Bonchev–Trinajstić information content (AvgIpc) is 2.93. The highest BCUT2D eigenvalue weighted by atomic mass is 16.1. The first-order chi connectivity index (χ1) is 7.04. The van der Waals surface area contributed by atoms with E-state index in [4.69, 9.17) is 11.5 Å². The van der Waals surface area contributed by atoms with Crippen LogP contribution in [0, 0.1) is 5.92 Å². The van der Waals surface area contributed by atoms with Crippen LogP contribution >= 0.6 is 0 Å². The first-order valence-corrected chi connectivity index (χ1v) is 5.78. The Morgan fingerprint density at radius 1 is 1.47 bits per heavy atom. The summed E-state index contributed by atoms with van der Waals surface area (Å²) in [5, 5.41) is 0. The highest BCUT2D eigenvalue weighted by molar-refractivity contribution is 5.74. The Hall–Kier alpha value is -0.610. The number of hydrogen-bond acceptors (Lipinski definition) is 3. The van der Waals surface area contributed by atoms with Crippen LogP contribution in [0.4, 0.5) is 0 Å². The third-order valence-corrected chi connectivity index (χ3v) is 2.77. The van der Waals surface area contributed by atoms with E-state index in [1.165, 1.54) is 12.8 Å². The molecule has 1 aliphatic rings. The second-order valence-corrected chi connectivity index (χ2v) is 4.88. The van der Waals surface area contributed by atoms with E-state index in [1.54, 1.807) is 0 Å². The predicted molar refractivity (Wildman–Crippen MR) is 61.2 cm³/mol. The van der Waals surface area contributed by atoms with Crippen LogP contribution in [0.2, 0.25) is 0 Å². The number of amides is 1. The van der Waals surface area contributed by atoms with Gasteiger partial charge in [-0.15, -0.1) is 0 Å². The Morgan fingerprint density at radius 2 is 2.07 bits per heavy atom. The predicted octanol–water partition coefficient (Wildman–Crippen LogP) is 0.310. The van der Waals surface area contributed by atoms with E-state index in [0.717, 1.165) is 6.54 Å². The van der Waals surface area contributed by atoms with Crippen molar-refractivity contribution in [2.45, 2.75) is 45.2 Å². The Morgan fingerprint density at radius 3 is 2.40 bits per heavy atom. The first kappa shape index (κ1) is 12.5. The normalized spacial score (nSPS) is 18.5. The molecular weight excluding hydrogens is 190 g/mol. The number of carbonyl (C=O) groups excluding carboxylic acids is 1. The van der Waals surface area contributed by atoms with Crippen LogP contribution in [0.1, 0.15) is 33.1 Å². The monoisotopic (exact) mass is 213 g/mol. The Labute approximate surface area is 92.0 Å². The number of primary amides is 1. The summed E-state index contributed by atoms with van der Waals surface area (Å²) in [6.07, 6.45) is 2.86. The summed E-state index contributed by atoms with van der Waals surface area (Å²) in [5.74, 6) is 0.354. The summed E-state index contributed by atoms with van der Waals surface area (Å²) >= 11 is 0. The van der Waals surface area contributed by atoms with Gasteiger partial charge in [-0.3, -0.25) is 9.69 Å². The van der Waals surface area contributed by atoms with Crippen molar-refractivity contribution in [1.29, 1.82) is 0 Å². The molecule has 1 aliphatic carbocycles. The summed E-state index contributed by atoms with van der Waals surface area (Å²) in [6.45, 7) is 5.91. The van der Waals surface area contributed by atoms with Gasteiger partial charge in [0.2, 0.25) is 5.91 Å². The fourth-order valence-electron chi connectivity index (χ4n) is 1.99. The van der Waals surface area contributed by atoms with E-state index in [1.807, 2.05) is 0 Å². The molecule has 0 bridgehead atoms. The van der Waals surface area contributed by atoms with Gasteiger partial charge in [0.15, 0.2) is 0 Å². The van der Waals surface area contributed by atoms with E-state index in [0.29, 0.717) is 24.9 Å². The highest BCUT2D eigenvalue weighted by Crippen LogP contribution is 2.29. The quantitative estimate of drug-likeness (QED) is 0.639. The zero-order valence-electron chi connectivity index (χ0n) is 9.78. The minimum Gasteiger partial charge on any atom is -0.370 e. The van der Waals surface area contributed by atoms with Gasteiger partial charge < -0.3 is 11.5 Å². The maximum Gasteiger partial charge on any atom is 0.219 e. The van der Waals surface area contributed by atoms with Gasteiger partial charge in [0.1, 0.15) is 0 Å². The van der Waals surface area contributed by atoms with Crippen molar-refractivity contribution in [3.63, 3.8) is 0 Å². The van der Waals surface area contributed by atoms with E-state index < -0.39 is 0 Å². The lowest BCUT2D eigenvalue weighted by molar-refractivity contribution is -0.119. The van der Waals surface area contributed by atoms with E-state index >= 15 is 0 Å². The van der Waals surface area contributed by atoms with Gasteiger partial charge in [0, 0.05) is 31.6 Å². The summed E-state index contributed by atoms with van der Waals surface area (Å²) in [7, 11) is 0. The second-order valence-electron chi connectivity index (χ2n) is 4.88. The largest absolute Gasteiger partial charge is 0.370 e. The molecule has 0 aromatic rings. The summed E-state index contributed by atoms with van der Waals surface area (Å²) in [4.78, 5) is 13.3. The molecule has 1 saturated carbocycles. The molecule has 4 N–H and O–H groups in total. The molecular formula is C11H23N3O. The van der Waals surface area contributed by atoms with Crippen LogP contribution in [-0.2, 0) is 4.79 Å². The van der Waals surface area contributed by atoms with Crippen molar-refractivity contribution >= 4 is 5.91 Å². The van der Waals surface area contributed by atoms with Crippen molar-refractivity contribution in [1.82, 2.24) is 4.90 Å².